The molecule has 2 aromatic carbocycles. The van der Waals surface area contributed by atoms with Crippen LogP contribution in [0.1, 0.15) is 27.4 Å². The van der Waals surface area contributed by atoms with Crippen LogP contribution in [0.5, 0.6) is 0 Å². The number of esters is 1. The molecule has 9 heteroatoms. The lowest BCUT2D eigenvalue weighted by Crippen LogP contribution is -2.09. The molecule has 0 amide bonds. The Kier molecular flexibility index (Phi) is 6.04. The largest absolute Gasteiger partial charge is 0.452 e. The van der Waals surface area contributed by atoms with Crippen molar-refractivity contribution in [3.8, 4) is 17.5 Å². The van der Waals surface area contributed by atoms with E-state index in [-0.39, 0.29) is 23.8 Å². The Balaban J connectivity index is 1.59. The van der Waals surface area contributed by atoms with Crippen molar-refractivity contribution in [3.05, 3.63) is 71.1 Å². The first kappa shape index (κ1) is 20.2. The third-order valence-electron chi connectivity index (χ3n) is 3.92. The van der Waals surface area contributed by atoms with Gasteiger partial charge in [0.1, 0.15) is 5.75 Å². The predicted molar refractivity (Wildman–Crippen MR) is 103 cm³/mol. The summed E-state index contributed by atoms with van der Waals surface area (Å²) in [4.78, 5) is 12.2. The minimum atomic E-state index is -3.49. The van der Waals surface area contributed by atoms with Crippen LogP contribution in [0, 0.1) is 18.3 Å². The highest BCUT2D eigenvalue weighted by molar-refractivity contribution is 7.90. The molecule has 0 aliphatic carbocycles. The number of carbonyl (C=O) groups excluding carboxylic acids is 1. The molecule has 8 nitrogen and oxygen atoms in total. The summed E-state index contributed by atoms with van der Waals surface area (Å²) in [6.07, 6.45) is 0. The fourth-order valence-electron chi connectivity index (χ4n) is 2.56. The number of benzene rings is 2. The highest BCUT2D eigenvalue weighted by atomic mass is 32.2. The molecule has 0 spiro atoms. The van der Waals surface area contributed by atoms with Crippen molar-refractivity contribution in [1.29, 1.82) is 5.26 Å². The van der Waals surface area contributed by atoms with Gasteiger partial charge in [-0.15, -0.1) is 10.2 Å². The molecule has 0 bridgehead atoms. The second-order valence-electron chi connectivity index (χ2n) is 6.33. The molecule has 1 heterocycles. The number of nitriles is 1. The molecule has 0 saturated carbocycles. The second kappa shape index (κ2) is 8.67. The lowest BCUT2D eigenvalue weighted by molar-refractivity contribution is 0.0438. The smallest absolute Gasteiger partial charge is 0.338 e. The van der Waals surface area contributed by atoms with Crippen LogP contribution in [-0.2, 0) is 26.9 Å². The molecule has 0 unspecified atom stereocenters. The zero-order chi connectivity index (χ0) is 20.9. The number of sulfone groups is 1. The highest BCUT2D eigenvalue weighted by Gasteiger charge is 2.14. The standard InChI is InChI=1S/C20H17N3O5S/c1-14-3-2-4-17(11-14)19-23-22-18(28-19)12-27-20(24)16-7-5-15(6-8-16)13-29(25,26)10-9-21/h2-8,11H,10,12-13H2,1H3. The van der Waals surface area contributed by atoms with Crippen molar-refractivity contribution in [2.75, 3.05) is 5.75 Å². The summed E-state index contributed by atoms with van der Waals surface area (Å²) in [7, 11) is -3.49. The van der Waals surface area contributed by atoms with Crippen LogP contribution in [0.25, 0.3) is 11.5 Å². The van der Waals surface area contributed by atoms with E-state index < -0.39 is 21.6 Å². The fourth-order valence-corrected chi connectivity index (χ4v) is 3.56. The molecule has 3 rings (SSSR count). The van der Waals surface area contributed by atoms with E-state index in [1.807, 2.05) is 31.2 Å². The summed E-state index contributed by atoms with van der Waals surface area (Å²) >= 11 is 0. The van der Waals surface area contributed by atoms with E-state index in [4.69, 9.17) is 14.4 Å². The van der Waals surface area contributed by atoms with Crippen molar-refractivity contribution in [2.24, 2.45) is 0 Å². The second-order valence-corrected chi connectivity index (χ2v) is 8.40. The Morgan fingerprint density at radius 2 is 1.93 bits per heavy atom. The molecule has 0 saturated heterocycles. The monoisotopic (exact) mass is 411 g/mol. The Morgan fingerprint density at radius 3 is 2.62 bits per heavy atom. The molecule has 0 radical (unpaired) electrons. The van der Waals surface area contributed by atoms with Gasteiger partial charge in [0.2, 0.25) is 5.89 Å². The zero-order valence-corrected chi connectivity index (χ0v) is 16.3. The Labute approximate surface area is 167 Å². The zero-order valence-electron chi connectivity index (χ0n) is 15.5. The highest BCUT2D eigenvalue weighted by Crippen LogP contribution is 2.19. The van der Waals surface area contributed by atoms with E-state index in [1.165, 1.54) is 24.3 Å². The SMILES string of the molecule is Cc1cccc(-c2nnc(COC(=O)c3ccc(CS(=O)(=O)CC#N)cc3)o2)c1. The first-order chi connectivity index (χ1) is 13.9. The van der Waals surface area contributed by atoms with Gasteiger partial charge in [-0.25, -0.2) is 13.2 Å². The first-order valence-corrected chi connectivity index (χ1v) is 10.4. The lowest BCUT2D eigenvalue weighted by Gasteiger charge is -2.04. The van der Waals surface area contributed by atoms with Gasteiger partial charge < -0.3 is 9.15 Å². The maximum absolute atomic E-state index is 12.2. The Bertz CT molecular complexity index is 1160. The van der Waals surface area contributed by atoms with Crippen LogP contribution >= 0.6 is 0 Å². The Morgan fingerprint density at radius 1 is 1.17 bits per heavy atom. The molecule has 3 aromatic rings. The van der Waals surface area contributed by atoms with Gasteiger partial charge in [0, 0.05) is 5.56 Å². The fraction of sp³-hybridized carbons (Fsp3) is 0.200. The van der Waals surface area contributed by atoms with Gasteiger partial charge in [-0.3, -0.25) is 0 Å². The summed E-state index contributed by atoms with van der Waals surface area (Å²) < 4.78 is 34.0. The Hall–Kier alpha value is -3.51. The normalized spacial score (nSPS) is 11.0. The van der Waals surface area contributed by atoms with Gasteiger partial charge in [0.25, 0.3) is 5.89 Å². The number of hydrogen-bond donors (Lipinski definition) is 0. The summed E-state index contributed by atoms with van der Waals surface area (Å²) in [5.41, 5.74) is 2.57. The average molecular weight is 411 g/mol. The van der Waals surface area contributed by atoms with Gasteiger partial charge in [-0.05, 0) is 36.8 Å². The number of hydrogen-bond acceptors (Lipinski definition) is 8. The van der Waals surface area contributed by atoms with E-state index in [0.29, 0.717) is 11.5 Å². The van der Waals surface area contributed by atoms with E-state index in [2.05, 4.69) is 10.2 Å². The molecule has 1 aromatic heterocycles. The summed E-state index contributed by atoms with van der Waals surface area (Å²) in [6.45, 7) is 1.77. The topological polar surface area (TPSA) is 123 Å². The molecular weight excluding hydrogens is 394 g/mol. The average Bonchev–Trinajstić information content (AvgIpc) is 3.15. The van der Waals surface area contributed by atoms with Gasteiger partial charge in [-0.1, -0.05) is 29.8 Å². The van der Waals surface area contributed by atoms with Crippen molar-refractivity contribution in [1.82, 2.24) is 10.2 Å². The van der Waals surface area contributed by atoms with Gasteiger partial charge in [0.05, 0.1) is 17.4 Å². The lowest BCUT2D eigenvalue weighted by atomic mass is 10.1. The van der Waals surface area contributed by atoms with Gasteiger partial charge in [-0.2, -0.15) is 5.26 Å². The summed E-state index contributed by atoms with van der Waals surface area (Å²) in [5, 5.41) is 16.3. The molecule has 0 aliphatic rings. The predicted octanol–water partition coefficient (Wildman–Crippen LogP) is 2.84. The molecule has 0 atom stereocenters. The van der Waals surface area contributed by atoms with Crippen LogP contribution in [0.2, 0.25) is 0 Å². The van der Waals surface area contributed by atoms with Crippen molar-refractivity contribution in [3.63, 3.8) is 0 Å². The third-order valence-corrected chi connectivity index (χ3v) is 5.26. The maximum Gasteiger partial charge on any atom is 0.338 e. The number of ether oxygens (including phenoxy) is 1. The van der Waals surface area contributed by atoms with Crippen LogP contribution in [0.4, 0.5) is 0 Å². The number of nitrogens with zero attached hydrogens (tertiary/aromatic N) is 3. The van der Waals surface area contributed by atoms with Crippen molar-refractivity contribution < 1.29 is 22.4 Å². The number of aromatic nitrogens is 2. The van der Waals surface area contributed by atoms with Gasteiger partial charge in [0.15, 0.2) is 16.4 Å². The number of carbonyl (C=O) groups is 1. The number of aryl methyl sites for hydroxylation is 1. The maximum atomic E-state index is 12.2. The van der Waals surface area contributed by atoms with E-state index in [0.717, 1.165) is 11.1 Å². The third kappa shape index (κ3) is 5.49. The molecule has 148 valence electrons. The van der Waals surface area contributed by atoms with Crippen LogP contribution < -0.4 is 0 Å². The van der Waals surface area contributed by atoms with Crippen LogP contribution in [0.3, 0.4) is 0 Å². The molecular formula is C20H17N3O5S. The minimum Gasteiger partial charge on any atom is -0.452 e. The van der Waals surface area contributed by atoms with Crippen molar-refractivity contribution in [2.45, 2.75) is 19.3 Å². The minimum absolute atomic E-state index is 0.161. The van der Waals surface area contributed by atoms with Crippen molar-refractivity contribution >= 4 is 15.8 Å². The van der Waals surface area contributed by atoms with E-state index in [1.54, 1.807) is 6.07 Å². The summed E-state index contributed by atoms with van der Waals surface area (Å²) in [5.74, 6) is -0.922. The molecule has 0 fully saturated rings. The first-order valence-electron chi connectivity index (χ1n) is 8.59. The number of rotatable bonds is 7. The molecule has 0 aliphatic heterocycles. The van der Waals surface area contributed by atoms with Gasteiger partial charge >= 0.3 is 5.97 Å². The van der Waals surface area contributed by atoms with Crippen LogP contribution in [0.15, 0.2) is 52.9 Å². The quantitative estimate of drug-likeness (QED) is 0.544. The summed E-state index contributed by atoms with van der Waals surface area (Å²) in [6, 6.07) is 15.1. The molecule has 29 heavy (non-hydrogen) atoms. The molecule has 0 N–H and O–H groups in total. The van der Waals surface area contributed by atoms with E-state index in [9.17, 15) is 13.2 Å². The van der Waals surface area contributed by atoms with Crippen LogP contribution in [-0.4, -0.2) is 30.3 Å². The van der Waals surface area contributed by atoms with E-state index >= 15 is 0 Å².